The van der Waals surface area contributed by atoms with Crippen molar-refractivity contribution in [2.45, 2.75) is 6.10 Å². The van der Waals surface area contributed by atoms with Crippen molar-refractivity contribution in [2.24, 2.45) is 0 Å². The van der Waals surface area contributed by atoms with E-state index in [1.165, 1.54) is 0 Å². The number of aliphatic hydroxyl groups is 3. The summed E-state index contributed by atoms with van der Waals surface area (Å²) in [6.45, 7) is -0.729. The molecule has 7 nitrogen and oxygen atoms in total. The van der Waals surface area contributed by atoms with Crippen LogP contribution < -0.4 is 14.7 Å². The molecule has 9 heteroatoms. The summed E-state index contributed by atoms with van der Waals surface area (Å²) in [6.07, 6.45) is -0.954. The van der Waals surface area contributed by atoms with E-state index < -0.39 is 13.9 Å². The van der Waals surface area contributed by atoms with Crippen LogP contribution in [-0.2, 0) is 21.6 Å². The fraction of sp³-hybridized carbons (Fsp3) is 1.00. The molecule has 0 unspecified atom stereocenters. The minimum absolute atomic E-state index is 0. The third-order valence-corrected chi connectivity index (χ3v) is 0.421. The second-order valence-electron chi connectivity index (χ2n) is 1.47. The van der Waals surface area contributed by atoms with Gasteiger partial charge in [-0.05, 0) is 0 Å². The molecule has 0 heterocycles. The van der Waals surface area contributed by atoms with Gasteiger partial charge in [-0.25, -0.2) is 0 Å². The van der Waals surface area contributed by atoms with Gasteiger partial charge >= 0.3 is 17.1 Å². The van der Waals surface area contributed by atoms with Crippen LogP contribution in [0.25, 0.3) is 0 Å². The molecule has 0 bridgehead atoms. The first-order valence-corrected chi connectivity index (χ1v) is 3.90. The Labute approximate surface area is 79.4 Å². The Balaban J connectivity index is -0.000000126. The molecule has 0 saturated heterocycles. The van der Waals surface area contributed by atoms with E-state index in [4.69, 9.17) is 34.6 Å². The van der Waals surface area contributed by atoms with Crippen LogP contribution in [-0.4, -0.2) is 34.6 Å². The summed E-state index contributed by atoms with van der Waals surface area (Å²) in [5.74, 6) is 0. The molecule has 0 atom stereocenters. The molecule has 0 aromatic carbocycles. The number of hydrogen-bond acceptors (Lipinski definition) is 7. The number of hydrogen-bond donors (Lipinski definition) is 3. The molecule has 0 aromatic rings. The van der Waals surface area contributed by atoms with Crippen LogP contribution >= 0.6 is 7.82 Å². The molecular weight excluding hydrogens is 235 g/mol. The van der Waals surface area contributed by atoms with E-state index in [0.29, 0.717) is 0 Å². The van der Waals surface area contributed by atoms with Crippen LogP contribution in [0.3, 0.4) is 0 Å². The minimum atomic E-state index is -5.39. The maximum absolute atomic E-state index is 8.55. The first-order chi connectivity index (χ1) is 4.81. The van der Waals surface area contributed by atoms with Crippen molar-refractivity contribution >= 4 is 7.82 Å². The van der Waals surface area contributed by atoms with E-state index >= 15 is 0 Å². The van der Waals surface area contributed by atoms with E-state index in [9.17, 15) is 0 Å². The summed E-state index contributed by atoms with van der Waals surface area (Å²) < 4.78 is 8.55. The van der Waals surface area contributed by atoms with Gasteiger partial charge in [0.2, 0.25) is 0 Å². The summed E-state index contributed by atoms with van der Waals surface area (Å²) in [4.78, 5) is 25.6. The van der Waals surface area contributed by atoms with Crippen LogP contribution in [0.15, 0.2) is 0 Å². The van der Waals surface area contributed by atoms with Crippen molar-refractivity contribution in [1.29, 1.82) is 0 Å². The molecule has 3 N–H and O–H groups in total. The Hall–Kier alpha value is 0.509. The summed E-state index contributed by atoms with van der Waals surface area (Å²) in [6, 6.07) is 0. The van der Waals surface area contributed by atoms with Crippen molar-refractivity contribution in [3.63, 3.8) is 0 Å². The molecule has 0 rings (SSSR count). The number of aliphatic hydroxyl groups excluding tert-OH is 3. The first-order valence-electron chi connectivity index (χ1n) is 2.44. The van der Waals surface area contributed by atoms with Gasteiger partial charge in [-0.3, -0.25) is 0 Å². The Morgan fingerprint density at radius 2 is 1.33 bits per heavy atom. The maximum atomic E-state index is 8.55. The third-order valence-electron chi connectivity index (χ3n) is 0.421. The molecule has 0 saturated carbocycles. The molecule has 1 radical (unpaired) electrons. The molecule has 12 heavy (non-hydrogen) atoms. The van der Waals surface area contributed by atoms with E-state index in [-0.39, 0.29) is 30.3 Å². The van der Waals surface area contributed by atoms with E-state index in [0.717, 1.165) is 0 Å². The minimum Gasteiger partial charge on any atom is -0.822 e. The van der Waals surface area contributed by atoms with Crippen LogP contribution in [0.1, 0.15) is 0 Å². The van der Waals surface area contributed by atoms with Crippen molar-refractivity contribution in [2.75, 3.05) is 13.2 Å². The van der Waals surface area contributed by atoms with Gasteiger partial charge in [0, 0.05) is 0 Å². The summed E-state index contributed by atoms with van der Waals surface area (Å²) in [5.41, 5.74) is 0. The van der Waals surface area contributed by atoms with E-state index in [1.807, 2.05) is 0 Å². The average molecular weight is 243 g/mol. The number of phosphoric acid groups is 1. The summed E-state index contributed by atoms with van der Waals surface area (Å²) >= 11 is 0. The maximum Gasteiger partial charge on any atom is 3.00 e. The summed E-state index contributed by atoms with van der Waals surface area (Å²) in [5, 5.41) is 24.0. The second-order valence-corrected chi connectivity index (χ2v) is 2.36. The standard InChI is InChI=1S/C3H8O3.Fe.H3O4P/c4-1-3(6)2-5;;1-5(2,3)4/h3-6H,1-2H2;;(H3,1,2,3,4)/q;+3;/p-3. The van der Waals surface area contributed by atoms with Gasteiger partial charge in [-0.1, -0.05) is 0 Å². The molecule has 0 aliphatic rings. The van der Waals surface area contributed by atoms with Gasteiger partial charge in [0.25, 0.3) is 0 Å². The van der Waals surface area contributed by atoms with Crippen LogP contribution in [0, 0.1) is 0 Å². The van der Waals surface area contributed by atoms with Gasteiger partial charge in [0.05, 0.1) is 13.2 Å². The third kappa shape index (κ3) is 46.7. The quantitative estimate of drug-likeness (QED) is 0.327. The molecule has 0 spiro atoms. The molecule has 0 aliphatic heterocycles. The van der Waals surface area contributed by atoms with Gasteiger partial charge in [0.1, 0.15) is 6.10 Å². The van der Waals surface area contributed by atoms with Gasteiger partial charge in [0.15, 0.2) is 0 Å². The van der Waals surface area contributed by atoms with Gasteiger partial charge < -0.3 is 34.6 Å². The fourth-order valence-corrected chi connectivity index (χ4v) is 0.0577. The molecular formula is C3H8FeO7P. The summed E-state index contributed by atoms with van der Waals surface area (Å²) in [7, 11) is -5.39. The zero-order valence-electron chi connectivity index (χ0n) is 5.77. The zero-order valence-corrected chi connectivity index (χ0v) is 7.77. The van der Waals surface area contributed by atoms with Crippen molar-refractivity contribution in [3.05, 3.63) is 0 Å². The fourth-order valence-electron chi connectivity index (χ4n) is 0.0577. The first kappa shape index (κ1) is 18.3. The Morgan fingerprint density at radius 1 is 1.17 bits per heavy atom. The zero-order chi connectivity index (χ0) is 9.49. The monoisotopic (exact) mass is 243 g/mol. The van der Waals surface area contributed by atoms with Crippen LogP contribution in [0.4, 0.5) is 0 Å². The van der Waals surface area contributed by atoms with E-state index in [2.05, 4.69) is 0 Å². The van der Waals surface area contributed by atoms with Gasteiger partial charge in [-0.15, -0.1) is 0 Å². The molecule has 0 fully saturated rings. The van der Waals surface area contributed by atoms with E-state index in [1.54, 1.807) is 0 Å². The Kier molecular flexibility index (Phi) is 14.7. The number of rotatable bonds is 2. The average Bonchev–Trinajstić information content (AvgIpc) is 1.83. The van der Waals surface area contributed by atoms with Crippen molar-refractivity contribution in [3.8, 4) is 0 Å². The van der Waals surface area contributed by atoms with Crippen LogP contribution in [0.5, 0.6) is 0 Å². The van der Waals surface area contributed by atoms with Gasteiger partial charge in [-0.2, -0.15) is 7.82 Å². The largest absolute Gasteiger partial charge is 3.00 e. The topological polar surface area (TPSA) is 147 Å². The smallest absolute Gasteiger partial charge is 0.822 e. The van der Waals surface area contributed by atoms with Crippen molar-refractivity contribution < 1.29 is 51.6 Å². The Morgan fingerprint density at radius 3 is 1.33 bits per heavy atom. The van der Waals surface area contributed by atoms with Crippen LogP contribution in [0.2, 0.25) is 0 Å². The Bertz CT molecular complexity index is 112. The molecule has 0 aliphatic carbocycles. The predicted octanol–water partition coefficient (Wildman–Crippen LogP) is -4.50. The molecule has 0 amide bonds. The normalized spacial score (nSPS) is 9.92. The SMILES string of the molecule is O=P([O-])([O-])[O-].OCC(O)CO.[Fe+3]. The molecule has 75 valence electrons. The predicted molar refractivity (Wildman–Crippen MR) is 27.8 cm³/mol. The second kappa shape index (κ2) is 9.60. The van der Waals surface area contributed by atoms with Crippen molar-refractivity contribution in [1.82, 2.24) is 0 Å². The molecule has 0 aromatic heterocycles.